The van der Waals surface area contributed by atoms with E-state index in [1.54, 1.807) is 0 Å². The number of hydrogen-bond donors (Lipinski definition) is 1. The fourth-order valence-electron chi connectivity index (χ4n) is 2.36. The summed E-state index contributed by atoms with van der Waals surface area (Å²) in [6, 6.07) is 7.11. The number of hydrogen-bond acceptors (Lipinski definition) is 3. The molecule has 0 bridgehead atoms. The maximum atomic E-state index is 5.97. The summed E-state index contributed by atoms with van der Waals surface area (Å²) >= 11 is 0. The van der Waals surface area contributed by atoms with Crippen LogP contribution in [0.5, 0.6) is 0 Å². The first kappa shape index (κ1) is 12.5. The molecule has 0 amide bonds. The third-order valence-corrected chi connectivity index (χ3v) is 3.24. The van der Waals surface area contributed by atoms with E-state index in [4.69, 9.17) is 5.73 Å². The van der Waals surface area contributed by atoms with E-state index in [1.165, 1.54) is 12.8 Å². The summed E-state index contributed by atoms with van der Waals surface area (Å²) in [5.41, 5.74) is 7.08. The fourth-order valence-corrected chi connectivity index (χ4v) is 2.36. The van der Waals surface area contributed by atoms with Crippen molar-refractivity contribution in [1.29, 1.82) is 0 Å². The zero-order valence-electron chi connectivity index (χ0n) is 10.8. The van der Waals surface area contributed by atoms with Crippen molar-refractivity contribution in [2.45, 2.75) is 38.8 Å². The monoisotopic (exact) mass is 233 g/mol. The van der Waals surface area contributed by atoms with Crippen LogP contribution in [0.3, 0.4) is 0 Å². The van der Waals surface area contributed by atoms with Gasteiger partial charge in [0.05, 0.1) is 11.7 Å². The molecule has 1 atom stereocenters. The lowest BCUT2D eigenvalue weighted by molar-refractivity contribution is 0.166. The van der Waals surface area contributed by atoms with Crippen molar-refractivity contribution >= 4 is 0 Å². The van der Waals surface area contributed by atoms with E-state index in [9.17, 15) is 0 Å². The van der Waals surface area contributed by atoms with Crippen molar-refractivity contribution in [1.82, 2.24) is 9.88 Å². The zero-order chi connectivity index (χ0) is 12.3. The molecular weight excluding hydrogens is 210 g/mol. The minimum atomic E-state index is 0.283. The molecule has 1 fully saturated rings. The molecule has 0 radical (unpaired) electrons. The zero-order valence-corrected chi connectivity index (χ0v) is 10.8. The molecule has 1 aromatic heterocycles. The van der Waals surface area contributed by atoms with E-state index < -0.39 is 0 Å². The Morgan fingerprint density at radius 3 is 2.65 bits per heavy atom. The first-order valence-electron chi connectivity index (χ1n) is 6.59. The summed E-state index contributed by atoms with van der Waals surface area (Å²) in [7, 11) is 0. The predicted octanol–water partition coefficient (Wildman–Crippen LogP) is 2.20. The van der Waals surface area contributed by atoms with Crippen LogP contribution in [0.2, 0.25) is 0 Å². The van der Waals surface area contributed by atoms with Crippen LogP contribution in [0, 0.1) is 5.92 Å². The Hall–Kier alpha value is -0.930. The molecule has 3 nitrogen and oxygen atoms in total. The van der Waals surface area contributed by atoms with E-state index in [1.807, 2.05) is 18.3 Å². The Morgan fingerprint density at radius 2 is 2.18 bits per heavy atom. The lowest BCUT2D eigenvalue weighted by Crippen LogP contribution is -2.38. The molecule has 0 saturated heterocycles. The molecule has 1 aliphatic carbocycles. The highest BCUT2D eigenvalue weighted by Crippen LogP contribution is 2.34. The highest BCUT2D eigenvalue weighted by atomic mass is 15.2. The normalized spacial score (nSPS) is 17.7. The van der Waals surface area contributed by atoms with Crippen LogP contribution in [0.4, 0.5) is 0 Å². The molecule has 1 aliphatic rings. The van der Waals surface area contributed by atoms with Crippen LogP contribution in [0.1, 0.15) is 38.4 Å². The molecule has 0 spiro atoms. The Morgan fingerprint density at radius 1 is 1.41 bits per heavy atom. The number of nitrogens with zero attached hydrogens (tertiary/aromatic N) is 2. The number of rotatable bonds is 6. The van der Waals surface area contributed by atoms with Crippen molar-refractivity contribution in [3.05, 3.63) is 30.1 Å². The van der Waals surface area contributed by atoms with Crippen molar-refractivity contribution in [3.8, 4) is 0 Å². The van der Waals surface area contributed by atoms with Gasteiger partial charge in [-0.05, 0) is 30.9 Å². The first-order valence-corrected chi connectivity index (χ1v) is 6.59. The Bertz CT molecular complexity index is 333. The summed E-state index contributed by atoms with van der Waals surface area (Å²) in [6.07, 6.45) is 4.49. The molecule has 2 N–H and O–H groups in total. The lowest BCUT2D eigenvalue weighted by atomic mass is 10.1. The maximum absolute atomic E-state index is 5.97. The first-order chi connectivity index (χ1) is 8.22. The summed E-state index contributed by atoms with van der Waals surface area (Å²) < 4.78 is 0. The van der Waals surface area contributed by atoms with Crippen molar-refractivity contribution in [2.24, 2.45) is 11.7 Å². The molecule has 2 rings (SSSR count). The molecule has 1 heterocycles. The molecule has 94 valence electrons. The van der Waals surface area contributed by atoms with Gasteiger partial charge in [-0.25, -0.2) is 0 Å². The van der Waals surface area contributed by atoms with E-state index in [0.717, 1.165) is 18.3 Å². The van der Waals surface area contributed by atoms with Gasteiger partial charge in [0.1, 0.15) is 0 Å². The maximum Gasteiger partial charge on any atom is 0.0647 e. The van der Waals surface area contributed by atoms with E-state index >= 15 is 0 Å². The van der Waals surface area contributed by atoms with Crippen LogP contribution in [0.25, 0.3) is 0 Å². The van der Waals surface area contributed by atoms with Gasteiger partial charge in [0, 0.05) is 25.3 Å². The smallest absolute Gasteiger partial charge is 0.0647 e. The van der Waals surface area contributed by atoms with Gasteiger partial charge in [-0.3, -0.25) is 9.88 Å². The average molecular weight is 233 g/mol. The lowest BCUT2D eigenvalue weighted by Gasteiger charge is -2.32. The van der Waals surface area contributed by atoms with Crippen LogP contribution in [-0.4, -0.2) is 29.0 Å². The predicted molar refractivity (Wildman–Crippen MR) is 70.6 cm³/mol. The van der Waals surface area contributed by atoms with E-state index in [-0.39, 0.29) is 6.04 Å². The molecule has 0 aromatic carbocycles. The summed E-state index contributed by atoms with van der Waals surface area (Å²) in [5.74, 6) is 0.674. The van der Waals surface area contributed by atoms with Crippen molar-refractivity contribution in [3.63, 3.8) is 0 Å². The van der Waals surface area contributed by atoms with Gasteiger partial charge >= 0.3 is 0 Å². The molecule has 1 unspecified atom stereocenters. The molecule has 17 heavy (non-hydrogen) atoms. The highest BCUT2D eigenvalue weighted by molar-refractivity contribution is 5.11. The van der Waals surface area contributed by atoms with Gasteiger partial charge in [0.25, 0.3) is 0 Å². The van der Waals surface area contributed by atoms with E-state index in [0.29, 0.717) is 12.5 Å². The highest BCUT2D eigenvalue weighted by Gasteiger charge is 2.34. The van der Waals surface area contributed by atoms with Crippen LogP contribution in [0.15, 0.2) is 24.4 Å². The summed E-state index contributed by atoms with van der Waals surface area (Å²) in [4.78, 5) is 7.02. The third kappa shape index (κ3) is 3.27. The van der Waals surface area contributed by atoms with Gasteiger partial charge in [-0.1, -0.05) is 19.9 Å². The van der Waals surface area contributed by atoms with Crippen LogP contribution in [-0.2, 0) is 0 Å². The van der Waals surface area contributed by atoms with Gasteiger partial charge in [-0.2, -0.15) is 0 Å². The summed E-state index contributed by atoms with van der Waals surface area (Å²) in [6.45, 7) is 6.30. The second-order valence-electron chi connectivity index (χ2n) is 5.33. The Balaban J connectivity index is 2.14. The largest absolute Gasteiger partial charge is 0.329 e. The number of pyridine rings is 1. The van der Waals surface area contributed by atoms with Crippen LogP contribution >= 0.6 is 0 Å². The third-order valence-electron chi connectivity index (χ3n) is 3.24. The number of aromatic nitrogens is 1. The Kier molecular flexibility index (Phi) is 4.13. The molecular formula is C14H23N3. The second kappa shape index (κ2) is 5.61. The molecule has 0 aliphatic heterocycles. The van der Waals surface area contributed by atoms with Gasteiger partial charge < -0.3 is 5.73 Å². The number of nitrogens with two attached hydrogens (primary N) is 1. The molecule has 1 aromatic rings. The van der Waals surface area contributed by atoms with Crippen LogP contribution < -0.4 is 5.73 Å². The topological polar surface area (TPSA) is 42.1 Å². The average Bonchev–Trinajstić information content (AvgIpc) is 3.13. The van der Waals surface area contributed by atoms with Gasteiger partial charge in [0.15, 0.2) is 0 Å². The minimum Gasteiger partial charge on any atom is -0.329 e. The quantitative estimate of drug-likeness (QED) is 0.819. The van der Waals surface area contributed by atoms with Gasteiger partial charge in [0.2, 0.25) is 0 Å². The minimum absolute atomic E-state index is 0.283. The molecule has 1 saturated carbocycles. The standard InChI is InChI=1S/C14H23N3/c1-11(2)10-17(12-6-7-12)14(9-15)13-5-3-4-8-16-13/h3-5,8,11-12,14H,6-7,9-10,15H2,1-2H3. The van der Waals surface area contributed by atoms with Gasteiger partial charge in [-0.15, -0.1) is 0 Å². The summed E-state index contributed by atoms with van der Waals surface area (Å²) in [5, 5.41) is 0. The molecule has 3 heteroatoms. The fraction of sp³-hybridized carbons (Fsp3) is 0.643. The second-order valence-corrected chi connectivity index (χ2v) is 5.33. The van der Waals surface area contributed by atoms with E-state index in [2.05, 4.69) is 29.8 Å². The van der Waals surface area contributed by atoms with Crippen molar-refractivity contribution in [2.75, 3.05) is 13.1 Å². The van der Waals surface area contributed by atoms with Crippen molar-refractivity contribution < 1.29 is 0 Å². The SMILES string of the molecule is CC(C)CN(C1CC1)C(CN)c1ccccn1. The Labute approximate surface area is 104 Å².